The Morgan fingerprint density at radius 2 is 2.29 bits per heavy atom. The molecule has 0 aliphatic rings. The summed E-state index contributed by atoms with van der Waals surface area (Å²) < 4.78 is 2.68. The maximum Gasteiger partial charge on any atom is 0.180 e. The van der Waals surface area contributed by atoms with Crippen LogP contribution in [0.15, 0.2) is 23.2 Å². The van der Waals surface area contributed by atoms with Gasteiger partial charge in [-0.15, -0.1) is 0 Å². The highest BCUT2D eigenvalue weighted by Crippen LogP contribution is 2.20. The monoisotopic (exact) mass is 298 g/mol. The molecular weight excluding hydrogens is 284 g/mol. The Kier molecular flexibility index (Phi) is 3.96. The van der Waals surface area contributed by atoms with Crippen molar-refractivity contribution in [3.8, 4) is 0 Å². The van der Waals surface area contributed by atoms with Crippen LogP contribution in [0.2, 0.25) is 0 Å². The van der Waals surface area contributed by atoms with Gasteiger partial charge in [-0.2, -0.15) is 0 Å². The summed E-state index contributed by atoms with van der Waals surface area (Å²) in [5.41, 5.74) is 0.815. The third kappa shape index (κ3) is 2.58. The fourth-order valence-electron chi connectivity index (χ4n) is 1.81. The highest BCUT2D eigenvalue weighted by molar-refractivity contribution is 9.10. The molecule has 5 nitrogen and oxygen atoms in total. The van der Waals surface area contributed by atoms with E-state index in [4.69, 9.17) is 5.11 Å². The number of hydrogen-bond donors (Lipinski definition) is 1. The second kappa shape index (κ2) is 5.46. The second-order valence-corrected chi connectivity index (χ2v) is 4.57. The van der Waals surface area contributed by atoms with Gasteiger partial charge in [0.2, 0.25) is 0 Å². The Morgan fingerprint density at radius 3 is 3.00 bits per heavy atom. The number of rotatable bonds is 5. The van der Waals surface area contributed by atoms with Crippen molar-refractivity contribution >= 4 is 27.4 Å². The average Bonchev–Trinajstić information content (AvgIpc) is 2.75. The number of aliphatic hydroxyl groups excluding tert-OH is 1. The van der Waals surface area contributed by atoms with E-state index in [1.54, 1.807) is 6.20 Å². The van der Waals surface area contributed by atoms with Gasteiger partial charge in [0.15, 0.2) is 11.5 Å². The van der Waals surface area contributed by atoms with Crippen molar-refractivity contribution in [2.45, 2.75) is 13.3 Å². The van der Waals surface area contributed by atoms with E-state index in [1.807, 2.05) is 21.7 Å². The highest BCUT2D eigenvalue weighted by atomic mass is 79.9. The number of anilines is 1. The first-order valence-electron chi connectivity index (χ1n) is 5.61. The lowest BCUT2D eigenvalue weighted by molar-refractivity contribution is 0.301. The molecule has 6 heteroatoms. The zero-order valence-corrected chi connectivity index (χ0v) is 11.3. The van der Waals surface area contributed by atoms with Crippen LogP contribution in [0.3, 0.4) is 0 Å². The molecule has 0 aliphatic heterocycles. The number of fused-ring (bicyclic) bond motifs is 1. The SMILES string of the molecule is CCCN(CCO)c1nc(Br)cn2ccnc12. The fourth-order valence-corrected chi connectivity index (χ4v) is 2.20. The molecule has 0 aliphatic carbocycles. The van der Waals surface area contributed by atoms with Crippen LogP contribution < -0.4 is 4.90 Å². The molecule has 0 spiro atoms. The van der Waals surface area contributed by atoms with E-state index in [0.29, 0.717) is 6.54 Å². The average molecular weight is 299 g/mol. The summed E-state index contributed by atoms with van der Waals surface area (Å²) in [5, 5.41) is 9.11. The van der Waals surface area contributed by atoms with Crippen LogP contribution in [0.5, 0.6) is 0 Å². The second-order valence-electron chi connectivity index (χ2n) is 3.76. The normalized spacial score (nSPS) is 11.0. The molecule has 92 valence electrons. The molecule has 0 bridgehead atoms. The number of hydrogen-bond acceptors (Lipinski definition) is 4. The van der Waals surface area contributed by atoms with E-state index >= 15 is 0 Å². The largest absolute Gasteiger partial charge is 0.395 e. The topological polar surface area (TPSA) is 53.7 Å². The van der Waals surface area contributed by atoms with Crippen LogP contribution >= 0.6 is 15.9 Å². The molecule has 0 amide bonds. The molecule has 0 radical (unpaired) electrons. The van der Waals surface area contributed by atoms with Gasteiger partial charge < -0.3 is 14.4 Å². The maximum absolute atomic E-state index is 9.11. The maximum atomic E-state index is 9.11. The Bertz CT molecular complexity index is 493. The fraction of sp³-hybridized carbons (Fsp3) is 0.455. The van der Waals surface area contributed by atoms with Gasteiger partial charge >= 0.3 is 0 Å². The van der Waals surface area contributed by atoms with Crippen molar-refractivity contribution in [2.24, 2.45) is 0 Å². The first kappa shape index (κ1) is 12.3. The van der Waals surface area contributed by atoms with Crippen LogP contribution in [0.4, 0.5) is 5.82 Å². The van der Waals surface area contributed by atoms with Gasteiger partial charge in [0.05, 0.1) is 6.61 Å². The van der Waals surface area contributed by atoms with Crippen LogP contribution in [0.1, 0.15) is 13.3 Å². The number of imidazole rings is 1. The molecule has 0 saturated carbocycles. The van der Waals surface area contributed by atoms with Crippen LogP contribution in [-0.4, -0.2) is 39.2 Å². The van der Waals surface area contributed by atoms with Gasteiger partial charge in [0.1, 0.15) is 4.60 Å². The van der Waals surface area contributed by atoms with E-state index in [9.17, 15) is 0 Å². The molecular formula is C11H15BrN4O. The van der Waals surface area contributed by atoms with Crippen molar-refractivity contribution in [2.75, 3.05) is 24.6 Å². The molecule has 2 rings (SSSR count). The standard InChI is InChI=1S/C11H15BrN4O/c1-2-4-15(6-7-17)11-10-13-3-5-16(10)8-9(12)14-11/h3,5,8,17H,2,4,6-7H2,1H3. The lowest BCUT2D eigenvalue weighted by Gasteiger charge is -2.22. The van der Waals surface area contributed by atoms with Crippen molar-refractivity contribution in [1.29, 1.82) is 0 Å². The van der Waals surface area contributed by atoms with Crippen molar-refractivity contribution in [1.82, 2.24) is 14.4 Å². The quantitative estimate of drug-likeness (QED) is 0.913. The zero-order chi connectivity index (χ0) is 12.3. The van der Waals surface area contributed by atoms with Crippen molar-refractivity contribution in [3.63, 3.8) is 0 Å². The van der Waals surface area contributed by atoms with Crippen LogP contribution in [-0.2, 0) is 0 Å². The predicted molar refractivity (Wildman–Crippen MR) is 70.3 cm³/mol. The first-order chi connectivity index (χ1) is 8.26. The lowest BCUT2D eigenvalue weighted by Crippen LogP contribution is -2.29. The van der Waals surface area contributed by atoms with E-state index in [2.05, 4.69) is 32.8 Å². The predicted octanol–water partition coefficient (Wildman–Crippen LogP) is 1.70. The Morgan fingerprint density at radius 1 is 1.47 bits per heavy atom. The summed E-state index contributed by atoms with van der Waals surface area (Å²) in [5.74, 6) is 0.806. The number of aliphatic hydroxyl groups is 1. The minimum Gasteiger partial charge on any atom is -0.395 e. The molecule has 0 fully saturated rings. The molecule has 0 atom stereocenters. The molecule has 17 heavy (non-hydrogen) atoms. The van der Waals surface area contributed by atoms with Crippen molar-refractivity contribution < 1.29 is 5.11 Å². The molecule has 0 unspecified atom stereocenters. The summed E-state index contributed by atoms with van der Waals surface area (Å²) in [7, 11) is 0. The first-order valence-corrected chi connectivity index (χ1v) is 6.40. The number of aromatic nitrogens is 3. The number of nitrogens with zero attached hydrogens (tertiary/aromatic N) is 4. The summed E-state index contributed by atoms with van der Waals surface area (Å²) in [4.78, 5) is 10.8. The molecule has 0 saturated heterocycles. The van der Waals surface area contributed by atoms with Crippen molar-refractivity contribution in [3.05, 3.63) is 23.2 Å². The summed E-state index contributed by atoms with van der Waals surface area (Å²) in [6.45, 7) is 3.64. The van der Waals surface area contributed by atoms with E-state index in [0.717, 1.165) is 29.0 Å². The third-order valence-corrected chi connectivity index (χ3v) is 2.87. The zero-order valence-electron chi connectivity index (χ0n) is 9.67. The third-order valence-electron chi connectivity index (χ3n) is 2.49. The van der Waals surface area contributed by atoms with Gasteiger partial charge in [-0.05, 0) is 22.4 Å². The number of halogens is 1. The molecule has 2 heterocycles. The highest BCUT2D eigenvalue weighted by Gasteiger charge is 2.13. The van der Waals surface area contributed by atoms with E-state index in [-0.39, 0.29) is 6.61 Å². The molecule has 1 N–H and O–H groups in total. The van der Waals surface area contributed by atoms with Crippen LogP contribution in [0.25, 0.3) is 5.65 Å². The minimum absolute atomic E-state index is 0.112. The molecule has 2 aromatic rings. The Balaban J connectivity index is 2.46. The molecule has 2 aromatic heterocycles. The Hall–Kier alpha value is -1.14. The molecule has 0 aromatic carbocycles. The Labute approximate surface area is 108 Å². The van der Waals surface area contributed by atoms with Gasteiger partial charge in [-0.1, -0.05) is 6.92 Å². The smallest absolute Gasteiger partial charge is 0.180 e. The van der Waals surface area contributed by atoms with Gasteiger partial charge in [0.25, 0.3) is 0 Å². The van der Waals surface area contributed by atoms with Gasteiger partial charge in [-0.3, -0.25) is 0 Å². The van der Waals surface area contributed by atoms with Gasteiger partial charge in [0, 0.05) is 31.7 Å². The minimum atomic E-state index is 0.112. The summed E-state index contributed by atoms with van der Waals surface area (Å²) in [6.07, 6.45) is 6.50. The van der Waals surface area contributed by atoms with Crippen LogP contribution in [0, 0.1) is 0 Å². The summed E-state index contributed by atoms with van der Waals surface area (Å²) >= 11 is 3.39. The van der Waals surface area contributed by atoms with Gasteiger partial charge in [-0.25, -0.2) is 9.97 Å². The lowest BCUT2D eigenvalue weighted by atomic mass is 10.4. The summed E-state index contributed by atoms with van der Waals surface area (Å²) in [6, 6.07) is 0. The van der Waals surface area contributed by atoms with E-state index < -0.39 is 0 Å². The van der Waals surface area contributed by atoms with E-state index in [1.165, 1.54) is 0 Å².